The maximum absolute atomic E-state index is 13.9. The Morgan fingerprint density at radius 1 is 0.527 bits per heavy atom. The van der Waals surface area contributed by atoms with Gasteiger partial charge in [0.25, 0.3) is 17.7 Å². The standard InChI is InChI=1S/C43H25N3O9/c1-4-22-7-13-25(14-8-22)44-38(47)31-19-28-34-29(35(31)41(50)51)20-32(39(48)45-26-15-9-23(5-2)10-16-26)37(43(54)55)30(34)21-33(36(28)42(52)53)40(49)46-27-17-11-24(6-3)12-18-27/h1-3,7-20H,21H2,(H,44,47)(H,45,48)(H,46,49)(H,50,51)(H,52,53)(H,54,55). The van der Waals surface area contributed by atoms with Crippen LogP contribution in [0.15, 0.2) is 90.5 Å². The van der Waals surface area contributed by atoms with Gasteiger partial charge >= 0.3 is 17.9 Å². The van der Waals surface area contributed by atoms with Crippen molar-refractivity contribution >= 4 is 69.0 Å². The number of benzene rings is 5. The Kier molecular flexibility index (Phi) is 9.72. The molecule has 1 aliphatic rings. The van der Waals surface area contributed by atoms with Crippen LogP contribution in [-0.2, 0) is 16.0 Å². The van der Waals surface area contributed by atoms with Crippen LogP contribution in [0.4, 0.5) is 17.1 Å². The lowest BCUT2D eigenvalue weighted by Crippen LogP contribution is -2.27. The fraction of sp³-hybridized carbons (Fsp3) is 0.0233. The van der Waals surface area contributed by atoms with Crippen molar-refractivity contribution in [3.63, 3.8) is 0 Å². The monoisotopic (exact) mass is 727 g/mol. The van der Waals surface area contributed by atoms with Gasteiger partial charge in [0.05, 0.1) is 27.8 Å². The van der Waals surface area contributed by atoms with Crippen LogP contribution < -0.4 is 16.0 Å². The number of terminal acetylenes is 3. The van der Waals surface area contributed by atoms with E-state index >= 15 is 0 Å². The van der Waals surface area contributed by atoms with Crippen LogP contribution in [-0.4, -0.2) is 50.9 Å². The average Bonchev–Trinajstić information content (AvgIpc) is 3.17. The Morgan fingerprint density at radius 3 is 1.31 bits per heavy atom. The van der Waals surface area contributed by atoms with Crippen molar-refractivity contribution in [2.24, 2.45) is 0 Å². The van der Waals surface area contributed by atoms with Crippen molar-refractivity contribution in [1.82, 2.24) is 0 Å². The van der Waals surface area contributed by atoms with Crippen LogP contribution in [0.25, 0.3) is 16.3 Å². The number of carboxylic acid groups (broad SMARTS) is 3. The summed E-state index contributed by atoms with van der Waals surface area (Å²) in [6, 6.07) is 20.0. The van der Waals surface area contributed by atoms with E-state index in [-0.39, 0.29) is 39.0 Å². The summed E-state index contributed by atoms with van der Waals surface area (Å²) in [7, 11) is 0. The molecule has 1 aliphatic carbocycles. The van der Waals surface area contributed by atoms with E-state index in [9.17, 15) is 44.1 Å². The van der Waals surface area contributed by atoms with Gasteiger partial charge in [0.15, 0.2) is 0 Å². The number of amides is 3. The molecule has 0 atom stereocenters. The van der Waals surface area contributed by atoms with E-state index in [0.717, 1.165) is 12.1 Å². The maximum Gasteiger partial charge on any atom is 0.337 e. The SMILES string of the molecule is C#Cc1ccc(NC(=O)C2=C(C(=O)O)c3cc(C(=O)Nc4ccc(C#C)cc4)c(C(=O)O)c4cc(C(=O)Nc5ccc(C#C)cc5)c(C(=O)O)c(c34)C2)cc1. The average molecular weight is 728 g/mol. The summed E-state index contributed by atoms with van der Waals surface area (Å²) >= 11 is 0. The van der Waals surface area contributed by atoms with Crippen molar-refractivity contribution in [2.75, 3.05) is 16.0 Å². The molecule has 0 unspecified atom stereocenters. The summed E-state index contributed by atoms with van der Waals surface area (Å²) in [4.78, 5) is 81.0. The van der Waals surface area contributed by atoms with Gasteiger partial charge in [-0.25, -0.2) is 14.4 Å². The van der Waals surface area contributed by atoms with Gasteiger partial charge in [-0.05, 0) is 107 Å². The quantitative estimate of drug-likeness (QED) is 0.103. The number of carbonyl (C=O) groups excluding carboxylic acids is 3. The minimum Gasteiger partial charge on any atom is -0.478 e. The number of hydrogen-bond donors (Lipinski definition) is 6. The minimum absolute atomic E-state index is 0.188. The molecule has 12 heteroatoms. The summed E-state index contributed by atoms with van der Waals surface area (Å²) in [5.74, 6) is -0.548. The lowest BCUT2D eigenvalue weighted by Gasteiger charge is -2.26. The Hall–Kier alpha value is -8.40. The molecule has 5 aromatic rings. The van der Waals surface area contributed by atoms with E-state index in [1.165, 1.54) is 72.8 Å². The Labute approximate surface area is 312 Å². The molecule has 5 aromatic carbocycles. The number of anilines is 3. The summed E-state index contributed by atoms with van der Waals surface area (Å²) < 4.78 is 0. The van der Waals surface area contributed by atoms with Gasteiger partial charge in [-0.2, -0.15) is 0 Å². The Bertz CT molecular complexity index is 2690. The second kappa shape index (κ2) is 14.7. The molecule has 55 heavy (non-hydrogen) atoms. The van der Waals surface area contributed by atoms with Crippen LogP contribution in [0, 0.1) is 37.0 Å². The molecule has 0 aliphatic heterocycles. The van der Waals surface area contributed by atoms with E-state index in [0.29, 0.717) is 16.7 Å². The van der Waals surface area contributed by atoms with Crippen molar-refractivity contribution in [3.05, 3.63) is 141 Å². The molecule has 0 heterocycles. The molecule has 12 nitrogen and oxygen atoms in total. The minimum atomic E-state index is -1.65. The zero-order valence-corrected chi connectivity index (χ0v) is 28.3. The number of aliphatic carboxylic acids is 1. The van der Waals surface area contributed by atoms with Crippen LogP contribution >= 0.6 is 0 Å². The third-order valence-corrected chi connectivity index (χ3v) is 8.79. The summed E-state index contributed by atoms with van der Waals surface area (Å²) in [5.41, 5.74) is -1.86. The van der Waals surface area contributed by atoms with E-state index in [1.807, 2.05) is 0 Å². The van der Waals surface area contributed by atoms with Crippen LogP contribution in [0.5, 0.6) is 0 Å². The fourth-order valence-electron chi connectivity index (χ4n) is 6.30. The number of aromatic carboxylic acids is 2. The van der Waals surface area contributed by atoms with E-state index in [4.69, 9.17) is 19.3 Å². The van der Waals surface area contributed by atoms with Crippen molar-refractivity contribution in [1.29, 1.82) is 0 Å². The molecule has 266 valence electrons. The van der Waals surface area contributed by atoms with Gasteiger partial charge in [0.2, 0.25) is 0 Å². The highest BCUT2D eigenvalue weighted by Crippen LogP contribution is 2.43. The van der Waals surface area contributed by atoms with Gasteiger partial charge in [0, 0.05) is 45.7 Å². The summed E-state index contributed by atoms with van der Waals surface area (Å²) in [6.45, 7) is 0. The molecule has 0 fully saturated rings. The second-order valence-corrected chi connectivity index (χ2v) is 12.0. The first-order chi connectivity index (χ1) is 26.3. The summed E-state index contributed by atoms with van der Waals surface area (Å²) in [5, 5.41) is 39.0. The molecule has 0 saturated carbocycles. The first-order valence-corrected chi connectivity index (χ1v) is 16.1. The van der Waals surface area contributed by atoms with Crippen LogP contribution in [0.1, 0.15) is 69.2 Å². The van der Waals surface area contributed by atoms with Gasteiger partial charge in [-0.1, -0.05) is 17.8 Å². The number of rotatable bonds is 9. The van der Waals surface area contributed by atoms with Gasteiger partial charge in [-0.3, -0.25) is 14.4 Å². The van der Waals surface area contributed by atoms with E-state index in [1.54, 1.807) is 0 Å². The molecule has 0 bridgehead atoms. The van der Waals surface area contributed by atoms with Crippen molar-refractivity contribution < 1.29 is 44.1 Å². The van der Waals surface area contributed by atoms with Gasteiger partial charge in [0.1, 0.15) is 0 Å². The molecular formula is C43H25N3O9. The first-order valence-electron chi connectivity index (χ1n) is 16.1. The zero-order chi connectivity index (χ0) is 39.6. The highest BCUT2D eigenvalue weighted by Gasteiger charge is 2.37. The third kappa shape index (κ3) is 6.96. The van der Waals surface area contributed by atoms with Crippen LogP contribution in [0.3, 0.4) is 0 Å². The zero-order valence-electron chi connectivity index (χ0n) is 28.3. The molecule has 0 aromatic heterocycles. The Morgan fingerprint density at radius 2 is 0.927 bits per heavy atom. The topological polar surface area (TPSA) is 199 Å². The number of carboxylic acids is 3. The first kappa shape index (κ1) is 36.4. The van der Waals surface area contributed by atoms with Crippen molar-refractivity contribution in [2.45, 2.75) is 6.42 Å². The fourth-order valence-corrected chi connectivity index (χ4v) is 6.30. The van der Waals surface area contributed by atoms with Gasteiger partial charge in [-0.15, -0.1) is 19.3 Å². The largest absolute Gasteiger partial charge is 0.478 e. The number of carbonyl (C=O) groups is 6. The molecule has 0 saturated heterocycles. The highest BCUT2D eigenvalue weighted by molar-refractivity contribution is 6.32. The predicted octanol–water partition coefficient (Wildman–Crippen LogP) is 5.72. The predicted molar refractivity (Wildman–Crippen MR) is 204 cm³/mol. The normalized spacial score (nSPS) is 11.4. The number of hydrogen-bond acceptors (Lipinski definition) is 6. The van der Waals surface area contributed by atoms with Gasteiger partial charge < -0.3 is 31.3 Å². The molecule has 6 N–H and O–H groups in total. The lowest BCUT2D eigenvalue weighted by molar-refractivity contribution is -0.130. The smallest absolute Gasteiger partial charge is 0.337 e. The summed E-state index contributed by atoms with van der Waals surface area (Å²) in [6.07, 6.45) is 15.6. The lowest BCUT2D eigenvalue weighted by atomic mass is 9.77. The van der Waals surface area contributed by atoms with E-state index in [2.05, 4.69) is 33.7 Å². The second-order valence-electron chi connectivity index (χ2n) is 12.0. The van der Waals surface area contributed by atoms with Crippen molar-refractivity contribution in [3.8, 4) is 37.0 Å². The highest BCUT2D eigenvalue weighted by atomic mass is 16.4. The molecular weight excluding hydrogens is 702 g/mol. The molecule has 0 radical (unpaired) electrons. The number of nitrogens with one attached hydrogen (secondary N) is 3. The molecule has 3 amide bonds. The van der Waals surface area contributed by atoms with E-state index < -0.39 is 75.5 Å². The van der Waals surface area contributed by atoms with Crippen LogP contribution in [0.2, 0.25) is 0 Å². The molecule has 0 spiro atoms. The molecule has 6 rings (SSSR count). The maximum atomic E-state index is 13.9. The third-order valence-electron chi connectivity index (χ3n) is 8.79. The Balaban J connectivity index is 1.63.